The molecule has 122 valence electrons. The monoisotopic (exact) mass is 336 g/mol. The van der Waals surface area contributed by atoms with Crippen LogP contribution in [0.1, 0.15) is 36.2 Å². The van der Waals surface area contributed by atoms with Crippen LogP contribution in [-0.4, -0.2) is 38.3 Å². The predicted octanol–water partition coefficient (Wildman–Crippen LogP) is 2.08. The molecule has 2 aromatic rings. The minimum Gasteiger partial charge on any atom is -0.481 e. The normalized spacial score (nSPS) is 10.5. The van der Waals surface area contributed by atoms with Crippen molar-refractivity contribution in [2.24, 2.45) is 0 Å². The summed E-state index contributed by atoms with van der Waals surface area (Å²) in [5, 5.41) is 15.8. The van der Waals surface area contributed by atoms with E-state index in [0.717, 1.165) is 6.42 Å². The molecule has 0 bridgehead atoms. The summed E-state index contributed by atoms with van der Waals surface area (Å²) in [5.41, 5.74) is 0.648. The van der Waals surface area contributed by atoms with Crippen LogP contribution in [0.25, 0.3) is 5.69 Å². The van der Waals surface area contributed by atoms with E-state index in [1.807, 2.05) is 19.1 Å². The Morgan fingerprint density at radius 2 is 2.09 bits per heavy atom. The number of aromatic nitrogens is 3. The number of para-hydroxylation sites is 1. The van der Waals surface area contributed by atoms with E-state index in [-0.39, 0.29) is 18.8 Å². The molecule has 1 aromatic carbocycles. The Kier molecular flexibility index (Phi) is 5.70. The van der Waals surface area contributed by atoms with Crippen LogP contribution in [-0.2, 0) is 11.2 Å². The number of carboxylic acids is 1. The molecule has 0 saturated carbocycles. The first-order valence-electron chi connectivity index (χ1n) is 7.23. The van der Waals surface area contributed by atoms with Crippen LogP contribution >= 0.6 is 11.6 Å². The molecule has 0 aliphatic carbocycles. The summed E-state index contributed by atoms with van der Waals surface area (Å²) in [4.78, 5) is 26.8. The van der Waals surface area contributed by atoms with Crippen molar-refractivity contribution in [3.05, 3.63) is 40.9 Å². The zero-order valence-corrected chi connectivity index (χ0v) is 13.4. The van der Waals surface area contributed by atoms with Gasteiger partial charge in [-0.2, -0.15) is 0 Å². The number of rotatable bonds is 7. The number of hydrogen-bond acceptors (Lipinski definition) is 4. The second-order valence-electron chi connectivity index (χ2n) is 4.86. The van der Waals surface area contributed by atoms with Gasteiger partial charge in [-0.3, -0.25) is 9.59 Å². The van der Waals surface area contributed by atoms with Gasteiger partial charge in [-0.15, -0.1) is 5.10 Å². The molecule has 1 amide bonds. The third-order valence-electron chi connectivity index (χ3n) is 3.06. The Bertz CT molecular complexity index is 714. The number of aryl methyl sites for hydroxylation is 1. The molecule has 0 atom stereocenters. The largest absolute Gasteiger partial charge is 0.481 e. The number of carbonyl (C=O) groups is 2. The van der Waals surface area contributed by atoms with Crippen LogP contribution in [0.3, 0.4) is 0 Å². The van der Waals surface area contributed by atoms with Crippen LogP contribution in [0.2, 0.25) is 5.02 Å². The van der Waals surface area contributed by atoms with Crippen molar-refractivity contribution in [1.82, 2.24) is 20.1 Å². The summed E-state index contributed by atoms with van der Waals surface area (Å²) >= 11 is 6.18. The highest BCUT2D eigenvalue weighted by Gasteiger charge is 2.18. The minimum absolute atomic E-state index is 0.00115. The average molecular weight is 337 g/mol. The van der Waals surface area contributed by atoms with Gasteiger partial charge in [0.05, 0.1) is 17.1 Å². The van der Waals surface area contributed by atoms with Gasteiger partial charge in [0.25, 0.3) is 5.91 Å². The first kappa shape index (κ1) is 17.0. The van der Waals surface area contributed by atoms with Gasteiger partial charge in [0, 0.05) is 13.0 Å². The van der Waals surface area contributed by atoms with E-state index in [4.69, 9.17) is 16.7 Å². The third kappa shape index (κ3) is 4.29. The number of halogens is 1. The van der Waals surface area contributed by atoms with Gasteiger partial charge >= 0.3 is 5.97 Å². The molecule has 0 fully saturated rings. The van der Waals surface area contributed by atoms with Gasteiger partial charge in [0.15, 0.2) is 0 Å². The lowest BCUT2D eigenvalue weighted by Gasteiger charge is -2.06. The second-order valence-corrected chi connectivity index (χ2v) is 5.27. The maximum Gasteiger partial charge on any atom is 0.305 e. The van der Waals surface area contributed by atoms with Gasteiger partial charge in [0.2, 0.25) is 5.82 Å². The van der Waals surface area contributed by atoms with Crippen molar-refractivity contribution in [3.63, 3.8) is 0 Å². The number of benzene rings is 1. The fraction of sp³-hybridized carbons (Fsp3) is 0.333. The van der Waals surface area contributed by atoms with Crippen LogP contribution in [0, 0.1) is 0 Å². The molecule has 2 N–H and O–H groups in total. The standard InChI is InChI=1S/C15H17ClN4O3/c1-2-5-12-18-14(15(23)17-9-8-13(21)22)19-20(12)11-7-4-3-6-10(11)16/h3-4,6-7H,2,5,8-9H2,1H3,(H,17,23)(H,21,22). The number of carbonyl (C=O) groups excluding carboxylic acids is 1. The Morgan fingerprint density at radius 3 is 2.74 bits per heavy atom. The van der Waals surface area contributed by atoms with Gasteiger partial charge < -0.3 is 10.4 Å². The molecule has 0 aliphatic heterocycles. The maximum absolute atomic E-state index is 12.0. The molecule has 0 aliphatic rings. The van der Waals surface area contributed by atoms with Crippen LogP contribution in [0.5, 0.6) is 0 Å². The molecule has 0 radical (unpaired) electrons. The highest BCUT2D eigenvalue weighted by Crippen LogP contribution is 2.21. The summed E-state index contributed by atoms with van der Waals surface area (Å²) < 4.78 is 1.55. The third-order valence-corrected chi connectivity index (χ3v) is 3.38. The molecule has 8 heteroatoms. The average Bonchev–Trinajstić information content (AvgIpc) is 2.91. The SMILES string of the molecule is CCCc1nc(C(=O)NCCC(=O)O)nn1-c1ccccc1Cl. The Balaban J connectivity index is 2.26. The van der Waals surface area contributed by atoms with Gasteiger partial charge in [-0.05, 0) is 18.6 Å². The van der Waals surface area contributed by atoms with Crippen molar-refractivity contribution in [2.45, 2.75) is 26.2 Å². The Morgan fingerprint density at radius 1 is 1.35 bits per heavy atom. The fourth-order valence-electron chi connectivity index (χ4n) is 2.00. The lowest BCUT2D eigenvalue weighted by molar-refractivity contribution is -0.136. The fourth-order valence-corrected chi connectivity index (χ4v) is 2.22. The second kappa shape index (κ2) is 7.73. The Hall–Kier alpha value is -2.41. The molecule has 0 spiro atoms. The quantitative estimate of drug-likeness (QED) is 0.806. The van der Waals surface area contributed by atoms with Gasteiger partial charge in [-0.25, -0.2) is 9.67 Å². The summed E-state index contributed by atoms with van der Waals surface area (Å²) in [5.74, 6) is -0.858. The van der Waals surface area contributed by atoms with Crippen molar-refractivity contribution >= 4 is 23.5 Å². The van der Waals surface area contributed by atoms with Crippen molar-refractivity contribution in [3.8, 4) is 5.69 Å². The number of amides is 1. The highest BCUT2D eigenvalue weighted by molar-refractivity contribution is 6.32. The molecule has 1 aromatic heterocycles. The number of nitrogens with zero attached hydrogens (tertiary/aromatic N) is 3. The van der Waals surface area contributed by atoms with Crippen LogP contribution in [0.15, 0.2) is 24.3 Å². The number of hydrogen-bond donors (Lipinski definition) is 2. The van der Waals surface area contributed by atoms with E-state index in [2.05, 4.69) is 15.4 Å². The lowest BCUT2D eigenvalue weighted by atomic mass is 10.3. The summed E-state index contributed by atoms with van der Waals surface area (Å²) in [6, 6.07) is 7.16. The minimum atomic E-state index is -0.980. The van der Waals surface area contributed by atoms with Crippen molar-refractivity contribution < 1.29 is 14.7 Å². The van der Waals surface area contributed by atoms with Gasteiger partial charge in [-0.1, -0.05) is 30.7 Å². The van der Waals surface area contributed by atoms with Crippen molar-refractivity contribution in [1.29, 1.82) is 0 Å². The van der Waals surface area contributed by atoms with Crippen LogP contribution in [0.4, 0.5) is 0 Å². The van der Waals surface area contributed by atoms with E-state index >= 15 is 0 Å². The maximum atomic E-state index is 12.0. The first-order valence-corrected chi connectivity index (χ1v) is 7.61. The lowest BCUT2D eigenvalue weighted by Crippen LogP contribution is -2.27. The molecular formula is C15H17ClN4O3. The van der Waals surface area contributed by atoms with Crippen LogP contribution < -0.4 is 5.32 Å². The zero-order valence-electron chi connectivity index (χ0n) is 12.6. The topological polar surface area (TPSA) is 97.1 Å². The number of carboxylic acid groups (broad SMARTS) is 1. The smallest absolute Gasteiger partial charge is 0.305 e. The van der Waals surface area contributed by atoms with Crippen molar-refractivity contribution in [2.75, 3.05) is 6.54 Å². The van der Waals surface area contributed by atoms with Gasteiger partial charge in [0.1, 0.15) is 5.82 Å². The van der Waals surface area contributed by atoms with E-state index in [1.54, 1.807) is 16.8 Å². The Labute approximate surface area is 138 Å². The molecule has 0 unspecified atom stereocenters. The summed E-state index contributed by atoms with van der Waals surface area (Å²) in [6.45, 7) is 2.02. The molecule has 1 heterocycles. The molecule has 7 nitrogen and oxygen atoms in total. The first-order chi connectivity index (χ1) is 11.0. The zero-order chi connectivity index (χ0) is 16.8. The summed E-state index contributed by atoms with van der Waals surface area (Å²) in [7, 11) is 0. The number of aliphatic carboxylic acids is 1. The molecule has 23 heavy (non-hydrogen) atoms. The molecule has 0 saturated heterocycles. The van der Waals surface area contributed by atoms with E-state index < -0.39 is 11.9 Å². The van der Waals surface area contributed by atoms with E-state index in [1.165, 1.54) is 0 Å². The molecular weight excluding hydrogens is 320 g/mol. The number of nitrogens with one attached hydrogen (secondary N) is 1. The predicted molar refractivity (Wildman–Crippen MR) is 85.0 cm³/mol. The summed E-state index contributed by atoms with van der Waals surface area (Å²) in [6.07, 6.45) is 1.32. The highest BCUT2D eigenvalue weighted by atomic mass is 35.5. The van der Waals surface area contributed by atoms with E-state index in [0.29, 0.717) is 23.0 Å². The molecule has 2 rings (SSSR count). The van der Waals surface area contributed by atoms with E-state index in [9.17, 15) is 9.59 Å².